The van der Waals surface area contributed by atoms with E-state index in [-0.39, 0.29) is 10.8 Å². The fourth-order valence-corrected chi connectivity index (χ4v) is 1.56. The normalized spacial score (nSPS) is 13.3. The van der Waals surface area contributed by atoms with Gasteiger partial charge in [0.05, 0.1) is 5.92 Å². The predicted molar refractivity (Wildman–Crippen MR) is 51.0 cm³/mol. The molecule has 0 aliphatic carbocycles. The van der Waals surface area contributed by atoms with E-state index in [4.69, 9.17) is 6.42 Å². The van der Waals surface area contributed by atoms with Crippen LogP contribution in [0.3, 0.4) is 0 Å². The molecule has 0 saturated carbocycles. The van der Waals surface area contributed by atoms with Crippen molar-refractivity contribution in [2.45, 2.75) is 41.5 Å². The summed E-state index contributed by atoms with van der Waals surface area (Å²) in [6, 6.07) is 0. The van der Waals surface area contributed by atoms with E-state index < -0.39 is 0 Å². The zero-order valence-corrected chi connectivity index (χ0v) is 8.58. The van der Waals surface area contributed by atoms with Crippen molar-refractivity contribution in [1.29, 1.82) is 0 Å². The summed E-state index contributed by atoms with van der Waals surface area (Å²) < 4.78 is 0. The van der Waals surface area contributed by atoms with Gasteiger partial charge in [0.2, 0.25) is 0 Å². The van der Waals surface area contributed by atoms with Crippen LogP contribution in [0.1, 0.15) is 41.5 Å². The number of rotatable bonds is 0. The van der Waals surface area contributed by atoms with E-state index in [0.29, 0.717) is 0 Å². The van der Waals surface area contributed by atoms with E-state index in [1.165, 1.54) is 5.92 Å². The first-order valence-corrected chi connectivity index (χ1v) is 4.04. The van der Waals surface area contributed by atoms with Gasteiger partial charge in [-0.05, 0) is 10.8 Å². The largest absolute Gasteiger partial charge is 0.119 e. The highest BCUT2D eigenvalue weighted by atomic mass is 14.4. The van der Waals surface area contributed by atoms with Crippen LogP contribution >= 0.6 is 0 Å². The third-order valence-electron chi connectivity index (χ3n) is 1.64. The molecule has 0 heterocycles. The van der Waals surface area contributed by atoms with Crippen molar-refractivity contribution in [2.24, 2.45) is 10.8 Å². The average molecular weight is 151 g/mol. The van der Waals surface area contributed by atoms with Crippen molar-refractivity contribution in [3.63, 3.8) is 0 Å². The first-order valence-electron chi connectivity index (χ1n) is 4.04. The Morgan fingerprint density at radius 3 is 1.18 bits per heavy atom. The van der Waals surface area contributed by atoms with Gasteiger partial charge >= 0.3 is 0 Å². The Balaban J connectivity index is 4.60. The molecule has 0 aromatic heterocycles. The first-order chi connectivity index (χ1) is 4.69. The van der Waals surface area contributed by atoms with Crippen LogP contribution in [-0.4, -0.2) is 0 Å². The molecule has 63 valence electrons. The van der Waals surface area contributed by atoms with Crippen LogP contribution in [0.15, 0.2) is 0 Å². The fourth-order valence-electron chi connectivity index (χ4n) is 1.56. The standard InChI is InChI=1S/C11H19/c1-8-9(10(2,3)4)11(5,6)7/h1H,2-7H3. The second-order valence-corrected chi connectivity index (χ2v) is 5.02. The Kier molecular flexibility index (Phi) is 2.78. The molecule has 0 fully saturated rings. The number of hydrogen-bond acceptors (Lipinski definition) is 0. The summed E-state index contributed by atoms with van der Waals surface area (Å²) in [4.78, 5) is 0. The molecule has 1 radical (unpaired) electrons. The average Bonchev–Trinajstić information content (AvgIpc) is 1.56. The van der Waals surface area contributed by atoms with Crippen LogP contribution < -0.4 is 0 Å². The van der Waals surface area contributed by atoms with Crippen LogP contribution in [0.4, 0.5) is 0 Å². The third kappa shape index (κ3) is 2.97. The topological polar surface area (TPSA) is 0 Å². The Bertz CT molecular complexity index is 142. The van der Waals surface area contributed by atoms with Gasteiger partial charge in [-0.2, -0.15) is 0 Å². The lowest BCUT2D eigenvalue weighted by Gasteiger charge is -2.35. The summed E-state index contributed by atoms with van der Waals surface area (Å²) in [5, 5.41) is 0. The van der Waals surface area contributed by atoms with Gasteiger partial charge in [0.1, 0.15) is 0 Å². The molecule has 0 unspecified atom stereocenters. The van der Waals surface area contributed by atoms with E-state index in [1.807, 2.05) is 0 Å². The summed E-state index contributed by atoms with van der Waals surface area (Å²) in [7, 11) is 0. The molecule has 0 heteroatoms. The van der Waals surface area contributed by atoms with Gasteiger partial charge in [-0.15, -0.1) is 6.42 Å². The summed E-state index contributed by atoms with van der Waals surface area (Å²) in [5.74, 6) is 3.98. The molecule has 0 bridgehead atoms. The highest BCUT2D eigenvalue weighted by Crippen LogP contribution is 2.40. The second-order valence-electron chi connectivity index (χ2n) is 5.02. The molecular weight excluding hydrogens is 132 g/mol. The van der Waals surface area contributed by atoms with E-state index in [2.05, 4.69) is 47.5 Å². The molecule has 0 N–H and O–H groups in total. The monoisotopic (exact) mass is 151 g/mol. The van der Waals surface area contributed by atoms with E-state index >= 15 is 0 Å². The molecule has 0 amide bonds. The van der Waals surface area contributed by atoms with E-state index in [9.17, 15) is 0 Å². The maximum absolute atomic E-state index is 5.46. The summed E-state index contributed by atoms with van der Waals surface area (Å²) >= 11 is 0. The van der Waals surface area contributed by atoms with Crippen LogP contribution in [-0.2, 0) is 0 Å². The van der Waals surface area contributed by atoms with Gasteiger partial charge in [-0.1, -0.05) is 47.5 Å². The van der Waals surface area contributed by atoms with E-state index in [1.54, 1.807) is 0 Å². The maximum Gasteiger partial charge on any atom is 0.0583 e. The minimum absolute atomic E-state index is 0.132. The Morgan fingerprint density at radius 1 is 0.909 bits per heavy atom. The molecule has 0 aromatic rings. The summed E-state index contributed by atoms with van der Waals surface area (Å²) in [5.41, 5.74) is 0.264. The quantitative estimate of drug-likeness (QED) is 0.466. The van der Waals surface area contributed by atoms with Crippen molar-refractivity contribution in [3.05, 3.63) is 5.92 Å². The summed E-state index contributed by atoms with van der Waals surface area (Å²) in [6.45, 7) is 13.0. The molecule has 0 aliphatic rings. The molecule has 11 heavy (non-hydrogen) atoms. The molecule has 0 nitrogen and oxygen atoms in total. The van der Waals surface area contributed by atoms with Gasteiger partial charge in [0.15, 0.2) is 0 Å². The zero-order valence-electron chi connectivity index (χ0n) is 8.58. The highest BCUT2D eigenvalue weighted by Gasteiger charge is 2.33. The third-order valence-corrected chi connectivity index (χ3v) is 1.64. The Morgan fingerprint density at radius 2 is 1.18 bits per heavy atom. The van der Waals surface area contributed by atoms with E-state index in [0.717, 1.165) is 0 Å². The minimum atomic E-state index is 0.132. The van der Waals surface area contributed by atoms with Gasteiger partial charge in [-0.3, -0.25) is 0 Å². The fraction of sp³-hybridized carbons (Fsp3) is 0.727. The SMILES string of the molecule is C#C[C](C(C)(C)C)C(C)(C)C. The van der Waals surface area contributed by atoms with Crippen molar-refractivity contribution in [1.82, 2.24) is 0 Å². The first kappa shape index (κ1) is 10.6. The van der Waals surface area contributed by atoms with Crippen LogP contribution in [0, 0.1) is 29.1 Å². The van der Waals surface area contributed by atoms with Crippen molar-refractivity contribution in [2.75, 3.05) is 0 Å². The lowest BCUT2D eigenvalue weighted by Crippen LogP contribution is -2.28. The van der Waals surface area contributed by atoms with Crippen LogP contribution in [0.25, 0.3) is 0 Å². The minimum Gasteiger partial charge on any atom is -0.119 e. The van der Waals surface area contributed by atoms with Crippen LogP contribution in [0.5, 0.6) is 0 Å². The highest BCUT2D eigenvalue weighted by molar-refractivity contribution is 5.27. The zero-order chi connectivity index (χ0) is 9.28. The Labute approximate surface area is 71.4 Å². The van der Waals surface area contributed by atoms with Gasteiger partial charge in [0.25, 0.3) is 0 Å². The molecule has 0 spiro atoms. The lowest BCUT2D eigenvalue weighted by atomic mass is 9.67. The smallest absolute Gasteiger partial charge is 0.0583 e. The predicted octanol–water partition coefficient (Wildman–Crippen LogP) is 3.29. The molecule has 0 aliphatic heterocycles. The van der Waals surface area contributed by atoms with Crippen LogP contribution in [0.2, 0.25) is 0 Å². The van der Waals surface area contributed by atoms with Gasteiger partial charge in [0, 0.05) is 0 Å². The molecule has 0 rings (SSSR count). The van der Waals surface area contributed by atoms with Crippen molar-refractivity contribution >= 4 is 0 Å². The maximum atomic E-state index is 5.46. The molecule has 0 saturated heterocycles. The van der Waals surface area contributed by atoms with Gasteiger partial charge < -0.3 is 0 Å². The molecule has 0 atom stereocenters. The molecule has 0 aromatic carbocycles. The summed E-state index contributed by atoms with van der Waals surface area (Å²) in [6.07, 6.45) is 5.46. The van der Waals surface area contributed by atoms with Gasteiger partial charge in [-0.25, -0.2) is 0 Å². The molecular formula is C11H19. The Hall–Kier alpha value is -0.440. The lowest BCUT2D eigenvalue weighted by molar-refractivity contribution is 0.311. The van der Waals surface area contributed by atoms with Crippen molar-refractivity contribution < 1.29 is 0 Å². The number of terminal acetylenes is 1. The van der Waals surface area contributed by atoms with Crippen molar-refractivity contribution in [3.8, 4) is 12.3 Å². The second kappa shape index (κ2) is 2.89. The number of hydrogen-bond donors (Lipinski definition) is 0.